The summed E-state index contributed by atoms with van der Waals surface area (Å²) in [5, 5.41) is 0. The fourth-order valence-electron chi connectivity index (χ4n) is 1.30. The van der Waals surface area contributed by atoms with E-state index >= 15 is 0 Å². The van der Waals surface area contributed by atoms with Gasteiger partial charge in [0, 0.05) is 6.54 Å². The van der Waals surface area contributed by atoms with Gasteiger partial charge in [0.1, 0.15) is 5.75 Å². The number of nitrogens with zero attached hydrogens (tertiary/aromatic N) is 1. The minimum Gasteiger partial charge on any atom is -0.494 e. The monoisotopic (exact) mass is 227 g/mol. The third-order valence-electron chi connectivity index (χ3n) is 2.22. The first-order valence-corrected chi connectivity index (χ1v) is 5.76. The van der Waals surface area contributed by atoms with E-state index in [2.05, 4.69) is 17.0 Å². The fraction of sp³-hybridized carbons (Fsp3) is 0.500. The summed E-state index contributed by atoms with van der Waals surface area (Å²) in [6, 6.07) is 8.82. The van der Waals surface area contributed by atoms with Crippen molar-refractivity contribution in [3.63, 3.8) is 0 Å². The standard InChI is InChI=1S/C12H18ClNO/c1-3-15-12-6-4-11(5-7-12)8-9-14(2)10-13/h4-7H,3,8-10H2,1-2H3. The van der Waals surface area contributed by atoms with Crippen molar-refractivity contribution in [2.24, 2.45) is 0 Å². The number of hydrogen-bond donors (Lipinski definition) is 0. The van der Waals surface area contributed by atoms with Crippen LogP contribution in [0.3, 0.4) is 0 Å². The van der Waals surface area contributed by atoms with E-state index < -0.39 is 0 Å². The molecule has 2 nitrogen and oxygen atoms in total. The maximum Gasteiger partial charge on any atom is 0.119 e. The highest BCUT2D eigenvalue weighted by Crippen LogP contribution is 2.12. The predicted molar refractivity (Wildman–Crippen MR) is 64.7 cm³/mol. The maximum atomic E-state index is 5.69. The van der Waals surface area contributed by atoms with Gasteiger partial charge in [-0.1, -0.05) is 12.1 Å². The Morgan fingerprint density at radius 2 is 1.93 bits per heavy atom. The summed E-state index contributed by atoms with van der Waals surface area (Å²) in [7, 11) is 2.02. The molecule has 0 N–H and O–H groups in total. The maximum absolute atomic E-state index is 5.69. The molecule has 0 saturated carbocycles. The molecular formula is C12H18ClNO. The van der Waals surface area contributed by atoms with Crippen LogP contribution in [0.4, 0.5) is 0 Å². The average molecular weight is 228 g/mol. The average Bonchev–Trinajstić information content (AvgIpc) is 2.28. The van der Waals surface area contributed by atoms with Gasteiger partial charge in [-0.05, 0) is 38.1 Å². The Morgan fingerprint density at radius 1 is 1.27 bits per heavy atom. The zero-order chi connectivity index (χ0) is 11.1. The molecule has 0 amide bonds. The van der Waals surface area contributed by atoms with E-state index in [4.69, 9.17) is 16.3 Å². The van der Waals surface area contributed by atoms with Gasteiger partial charge in [-0.3, -0.25) is 4.90 Å². The predicted octanol–water partition coefficient (Wildman–Crippen LogP) is 2.76. The highest BCUT2D eigenvalue weighted by molar-refractivity contribution is 6.17. The number of likely N-dealkylation sites (N-methyl/N-ethyl adjacent to an activating group) is 1. The van der Waals surface area contributed by atoms with Gasteiger partial charge in [-0.2, -0.15) is 0 Å². The Balaban J connectivity index is 2.42. The molecule has 3 heteroatoms. The zero-order valence-electron chi connectivity index (χ0n) is 9.37. The highest BCUT2D eigenvalue weighted by atomic mass is 35.5. The first kappa shape index (κ1) is 12.3. The largest absolute Gasteiger partial charge is 0.494 e. The molecule has 1 aromatic rings. The van der Waals surface area contributed by atoms with Gasteiger partial charge >= 0.3 is 0 Å². The summed E-state index contributed by atoms with van der Waals surface area (Å²) in [6.07, 6.45) is 1.02. The van der Waals surface area contributed by atoms with Gasteiger partial charge in [0.05, 0.1) is 12.6 Å². The Kier molecular flexibility index (Phi) is 5.51. The van der Waals surface area contributed by atoms with Crippen LogP contribution in [0.5, 0.6) is 5.75 Å². The van der Waals surface area contributed by atoms with E-state index in [1.807, 2.05) is 26.1 Å². The molecule has 0 bridgehead atoms. The van der Waals surface area contributed by atoms with E-state index in [-0.39, 0.29) is 0 Å². The van der Waals surface area contributed by atoms with Crippen molar-refractivity contribution in [3.8, 4) is 5.75 Å². The Labute approximate surface area is 96.8 Å². The highest BCUT2D eigenvalue weighted by Gasteiger charge is 1.98. The number of alkyl halides is 1. The van der Waals surface area contributed by atoms with Crippen LogP contribution in [0.1, 0.15) is 12.5 Å². The molecule has 0 fully saturated rings. The lowest BCUT2D eigenvalue weighted by molar-refractivity contribution is 0.340. The van der Waals surface area contributed by atoms with Crippen molar-refractivity contribution in [1.29, 1.82) is 0 Å². The van der Waals surface area contributed by atoms with Crippen LogP contribution in [-0.4, -0.2) is 31.1 Å². The lowest BCUT2D eigenvalue weighted by atomic mass is 10.1. The molecular weight excluding hydrogens is 210 g/mol. The Bertz CT molecular complexity index is 273. The molecule has 0 aliphatic heterocycles. The smallest absolute Gasteiger partial charge is 0.119 e. The number of halogens is 1. The molecule has 1 aromatic carbocycles. The third-order valence-corrected chi connectivity index (χ3v) is 2.63. The van der Waals surface area contributed by atoms with Gasteiger partial charge in [0.2, 0.25) is 0 Å². The minimum atomic E-state index is 0.580. The molecule has 0 unspecified atom stereocenters. The molecule has 0 saturated heterocycles. The lowest BCUT2D eigenvalue weighted by Gasteiger charge is -2.12. The van der Waals surface area contributed by atoms with Crippen LogP contribution in [-0.2, 0) is 6.42 Å². The second-order valence-electron chi connectivity index (χ2n) is 3.53. The Hall–Kier alpha value is -0.730. The van der Waals surface area contributed by atoms with Crippen LogP contribution in [0.2, 0.25) is 0 Å². The summed E-state index contributed by atoms with van der Waals surface area (Å²) in [6.45, 7) is 3.69. The molecule has 0 aliphatic carbocycles. The SMILES string of the molecule is CCOc1ccc(CCN(C)CCl)cc1. The number of ether oxygens (including phenoxy) is 1. The number of hydrogen-bond acceptors (Lipinski definition) is 2. The first-order valence-electron chi connectivity index (χ1n) is 5.22. The molecule has 0 radical (unpaired) electrons. The van der Waals surface area contributed by atoms with Crippen molar-refractivity contribution < 1.29 is 4.74 Å². The molecule has 0 aliphatic rings. The molecule has 0 spiro atoms. The second-order valence-corrected chi connectivity index (χ2v) is 3.77. The normalized spacial score (nSPS) is 10.7. The van der Waals surface area contributed by atoms with E-state index in [1.165, 1.54) is 5.56 Å². The number of benzene rings is 1. The fourth-order valence-corrected chi connectivity index (χ4v) is 1.42. The van der Waals surface area contributed by atoms with Crippen LogP contribution in [0.25, 0.3) is 0 Å². The van der Waals surface area contributed by atoms with Gasteiger partial charge < -0.3 is 4.74 Å². The van der Waals surface area contributed by atoms with Gasteiger partial charge in [0.25, 0.3) is 0 Å². The van der Waals surface area contributed by atoms with Crippen LogP contribution < -0.4 is 4.74 Å². The molecule has 0 atom stereocenters. The topological polar surface area (TPSA) is 12.5 Å². The van der Waals surface area contributed by atoms with E-state index in [9.17, 15) is 0 Å². The van der Waals surface area contributed by atoms with Crippen molar-refractivity contribution in [2.75, 3.05) is 26.2 Å². The van der Waals surface area contributed by atoms with Gasteiger partial charge in [-0.15, -0.1) is 11.6 Å². The summed E-state index contributed by atoms with van der Waals surface area (Å²) in [4.78, 5) is 2.08. The lowest BCUT2D eigenvalue weighted by Crippen LogP contribution is -2.19. The van der Waals surface area contributed by atoms with Crippen molar-refractivity contribution in [2.45, 2.75) is 13.3 Å². The van der Waals surface area contributed by atoms with Crippen LogP contribution >= 0.6 is 11.6 Å². The van der Waals surface area contributed by atoms with E-state index in [0.717, 1.165) is 18.7 Å². The van der Waals surface area contributed by atoms with Crippen LogP contribution in [0, 0.1) is 0 Å². The number of rotatable bonds is 6. The molecule has 0 heterocycles. The quantitative estimate of drug-likeness (QED) is 0.548. The summed E-state index contributed by atoms with van der Waals surface area (Å²) < 4.78 is 5.38. The molecule has 0 aromatic heterocycles. The van der Waals surface area contributed by atoms with Crippen LogP contribution in [0.15, 0.2) is 24.3 Å². The third kappa shape index (κ3) is 4.54. The van der Waals surface area contributed by atoms with Crippen molar-refractivity contribution >= 4 is 11.6 Å². The molecule has 1 rings (SSSR count). The first-order chi connectivity index (χ1) is 7.26. The zero-order valence-corrected chi connectivity index (χ0v) is 10.1. The summed E-state index contributed by atoms with van der Waals surface area (Å²) >= 11 is 5.69. The molecule has 84 valence electrons. The Morgan fingerprint density at radius 3 is 2.47 bits per heavy atom. The minimum absolute atomic E-state index is 0.580. The second kappa shape index (κ2) is 6.70. The summed E-state index contributed by atoms with van der Waals surface area (Å²) in [5.41, 5.74) is 1.32. The van der Waals surface area contributed by atoms with E-state index in [1.54, 1.807) is 0 Å². The van der Waals surface area contributed by atoms with Crippen molar-refractivity contribution in [3.05, 3.63) is 29.8 Å². The molecule has 15 heavy (non-hydrogen) atoms. The van der Waals surface area contributed by atoms with E-state index in [0.29, 0.717) is 12.6 Å². The van der Waals surface area contributed by atoms with Gasteiger partial charge in [-0.25, -0.2) is 0 Å². The summed E-state index contributed by atoms with van der Waals surface area (Å²) in [5.74, 6) is 0.937. The van der Waals surface area contributed by atoms with Gasteiger partial charge in [0.15, 0.2) is 0 Å². The van der Waals surface area contributed by atoms with Crippen molar-refractivity contribution in [1.82, 2.24) is 4.90 Å².